The molecule has 5 nitrogen and oxygen atoms in total. The highest BCUT2D eigenvalue weighted by molar-refractivity contribution is 5.72. The second kappa shape index (κ2) is 3.86. The van der Waals surface area contributed by atoms with Crippen LogP contribution >= 0.6 is 0 Å². The summed E-state index contributed by atoms with van der Waals surface area (Å²) in [6.07, 6.45) is 0.663. The predicted molar refractivity (Wildman–Crippen MR) is 59.0 cm³/mol. The van der Waals surface area contributed by atoms with Crippen molar-refractivity contribution in [2.24, 2.45) is 0 Å². The molecule has 5 heteroatoms. The van der Waals surface area contributed by atoms with Crippen molar-refractivity contribution in [2.45, 2.75) is 0 Å². The standard InChI is InChI=1S/C12H8N2O3/c15-6-9-2-3-10(14-13-9)8-1-4-11-12(5-8)17-7-16-11/h1-6H,7H2. The molecule has 84 valence electrons. The molecule has 0 saturated carbocycles. The molecule has 1 aliphatic heterocycles. The Morgan fingerprint density at radius 2 is 1.94 bits per heavy atom. The summed E-state index contributed by atoms with van der Waals surface area (Å²) in [5.74, 6) is 1.43. The first-order valence-electron chi connectivity index (χ1n) is 5.06. The number of benzene rings is 1. The Balaban J connectivity index is 2.00. The van der Waals surface area contributed by atoms with Crippen molar-refractivity contribution in [3.05, 3.63) is 36.0 Å². The maximum Gasteiger partial charge on any atom is 0.231 e. The van der Waals surface area contributed by atoms with Crippen LogP contribution in [0.15, 0.2) is 30.3 Å². The molecule has 0 radical (unpaired) electrons. The lowest BCUT2D eigenvalue weighted by Crippen LogP contribution is -1.93. The zero-order valence-electron chi connectivity index (χ0n) is 8.79. The number of ether oxygens (including phenoxy) is 2. The maximum absolute atomic E-state index is 10.5. The Bertz CT molecular complexity index is 566. The fourth-order valence-electron chi connectivity index (χ4n) is 1.62. The molecule has 2 aromatic rings. The van der Waals surface area contributed by atoms with Crippen molar-refractivity contribution >= 4 is 6.29 Å². The lowest BCUT2D eigenvalue weighted by molar-refractivity contribution is 0.111. The van der Waals surface area contributed by atoms with Gasteiger partial charge in [-0.05, 0) is 30.3 Å². The molecule has 1 aromatic carbocycles. The van der Waals surface area contributed by atoms with Crippen molar-refractivity contribution < 1.29 is 14.3 Å². The van der Waals surface area contributed by atoms with Gasteiger partial charge in [0, 0.05) is 5.56 Å². The monoisotopic (exact) mass is 228 g/mol. The molecular weight excluding hydrogens is 220 g/mol. The summed E-state index contributed by atoms with van der Waals surface area (Å²) in [6.45, 7) is 0.245. The third-order valence-electron chi connectivity index (χ3n) is 2.47. The minimum absolute atomic E-state index is 0.245. The van der Waals surface area contributed by atoms with Gasteiger partial charge in [-0.3, -0.25) is 4.79 Å². The molecule has 0 unspecified atom stereocenters. The van der Waals surface area contributed by atoms with Gasteiger partial charge in [0.2, 0.25) is 6.79 Å². The number of rotatable bonds is 2. The van der Waals surface area contributed by atoms with Crippen LogP contribution in [0.5, 0.6) is 11.5 Å². The summed E-state index contributed by atoms with van der Waals surface area (Å²) in [6, 6.07) is 8.91. The second-order valence-electron chi connectivity index (χ2n) is 3.53. The number of carbonyl (C=O) groups is 1. The van der Waals surface area contributed by atoms with E-state index in [1.165, 1.54) is 0 Å². The van der Waals surface area contributed by atoms with E-state index in [-0.39, 0.29) is 6.79 Å². The molecule has 2 heterocycles. The van der Waals surface area contributed by atoms with Gasteiger partial charge in [0.15, 0.2) is 17.8 Å². The first-order valence-corrected chi connectivity index (χ1v) is 5.06. The average Bonchev–Trinajstić information content (AvgIpc) is 2.86. The molecule has 3 rings (SSSR count). The lowest BCUT2D eigenvalue weighted by Gasteiger charge is -2.01. The number of aldehydes is 1. The van der Waals surface area contributed by atoms with Gasteiger partial charge in [0.05, 0.1) is 5.69 Å². The normalized spacial score (nSPS) is 12.5. The fourth-order valence-corrected chi connectivity index (χ4v) is 1.62. The van der Waals surface area contributed by atoms with E-state index < -0.39 is 0 Å². The van der Waals surface area contributed by atoms with Crippen LogP contribution < -0.4 is 9.47 Å². The summed E-state index contributed by atoms with van der Waals surface area (Å²) in [5.41, 5.74) is 1.88. The van der Waals surface area contributed by atoms with Crippen LogP contribution in [0, 0.1) is 0 Å². The van der Waals surface area contributed by atoms with E-state index in [2.05, 4.69) is 10.2 Å². The van der Waals surface area contributed by atoms with Gasteiger partial charge >= 0.3 is 0 Å². The first-order chi connectivity index (χ1) is 8.36. The summed E-state index contributed by atoms with van der Waals surface area (Å²) in [4.78, 5) is 10.5. The van der Waals surface area contributed by atoms with Crippen molar-refractivity contribution in [3.63, 3.8) is 0 Å². The van der Waals surface area contributed by atoms with Gasteiger partial charge in [-0.15, -0.1) is 10.2 Å². The molecule has 0 spiro atoms. The quantitative estimate of drug-likeness (QED) is 0.732. The number of fused-ring (bicyclic) bond motifs is 1. The molecule has 0 saturated heterocycles. The van der Waals surface area contributed by atoms with Crippen LogP contribution in [0.4, 0.5) is 0 Å². The number of nitrogens with zero attached hydrogens (tertiary/aromatic N) is 2. The maximum atomic E-state index is 10.5. The van der Waals surface area contributed by atoms with Crippen LogP contribution in [-0.2, 0) is 0 Å². The molecular formula is C12H8N2O3. The fraction of sp³-hybridized carbons (Fsp3) is 0.0833. The van der Waals surface area contributed by atoms with Gasteiger partial charge in [-0.1, -0.05) is 0 Å². The molecule has 0 amide bonds. The highest BCUT2D eigenvalue weighted by Gasteiger charge is 2.14. The van der Waals surface area contributed by atoms with E-state index in [1.54, 1.807) is 12.1 Å². The van der Waals surface area contributed by atoms with Crippen LogP contribution in [0.2, 0.25) is 0 Å². The van der Waals surface area contributed by atoms with Gasteiger partial charge in [-0.25, -0.2) is 0 Å². The smallest absolute Gasteiger partial charge is 0.231 e. The number of carbonyl (C=O) groups excluding carboxylic acids is 1. The molecule has 0 N–H and O–H groups in total. The minimum atomic E-state index is 0.245. The largest absolute Gasteiger partial charge is 0.454 e. The van der Waals surface area contributed by atoms with E-state index in [0.29, 0.717) is 23.4 Å². The summed E-state index contributed by atoms with van der Waals surface area (Å²) in [5, 5.41) is 7.74. The molecule has 0 fully saturated rings. The average molecular weight is 228 g/mol. The SMILES string of the molecule is O=Cc1ccc(-c2ccc3c(c2)OCO3)nn1. The third kappa shape index (κ3) is 1.71. The molecule has 17 heavy (non-hydrogen) atoms. The zero-order chi connectivity index (χ0) is 11.7. The Hall–Kier alpha value is -2.43. The Morgan fingerprint density at radius 1 is 1.06 bits per heavy atom. The van der Waals surface area contributed by atoms with Crippen molar-refractivity contribution in [1.29, 1.82) is 0 Å². The van der Waals surface area contributed by atoms with Crippen LogP contribution in [0.1, 0.15) is 10.5 Å². The summed E-state index contributed by atoms with van der Waals surface area (Å²) < 4.78 is 10.5. The van der Waals surface area contributed by atoms with E-state index >= 15 is 0 Å². The van der Waals surface area contributed by atoms with Gasteiger partial charge in [0.1, 0.15) is 5.69 Å². The van der Waals surface area contributed by atoms with Gasteiger partial charge in [-0.2, -0.15) is 0 Å². The van der Waals surface area contributed by atoms with E-state index in [9.17, 15) is 4.79 Å². The molecule has 1 aliphatic rings. The summed E-state index contributed by atoms with van der Waals surface area (Å²) >= 11 is 0. The zero-order valence-corrected chi connectivity index (χ0v) is 8.79. The van der Waals surface area contributed by atoms with Crippen LogP contribution in [0.3, 0.4) is 0 Å². The highest BCUT2D eigenvalue weighted by atomic mass is 16.7. The number of hydrogen-bond donors (Lipinski definition) is 0. The Kier molecular flexibility index (Phi) is 2.22. The second-order valence-corrected chi connectivity index (χ2v) is 3.53. The van der Waals surface area contributed by atoms with Crippen molar-refractivity contribution in [2.75, 3.05) is 6.79 Å². The van der Waals surface area contributed by atoms with E-state index in [1.807, 2.05) is 18.2 Å². The Morgan fingerprint density at radius 3 is 2.71 bits per heavy atom. The van der Waals surface area contributed by atoms with Gasteiger partial charge < -0.3 is 9.47 Å². The highest BCUT2D eigenvalue weighted by Crippen LogP contribution is 2.35. The van der Waals surface area contributed by atoms with E-state index in [4.69, 9.17) is 9.47 Å². The summed E-state index contributed by atoms with van der Waals surface area (Å²) in [7, 11) is 0. The number of hydrogen-bond acceptors (Lipinski definition) is 5. The topological polar surface area (TPSA) is 61.3 Å². The van der Waals surface area contributed by atoms with E-state index in [0.717, 1.165) is 11.3 Å². The first kappa shape index (κ1) is 9.77. The van der Waals surface area contributed by atoms with Crippen LogP contribution in [0.25, 0.3) is 11.3 Å². The molecule has 0 bridgehead atoms. The molecule has 0 aliphatic carbocycles. The van der Waals surface area contributed by atoms with Crippen molar-refractivity contribution in [1.82, 2.24) is 10.2 Å². The Labute approximate surface area is 97.0 Å². The van der Waals surface area contributed by atoms with Gasteiger partial charge in [0.25, 0.3) is 0 Å². The lowest BCUT2D eigenvalue weighted by atomic mass is 10.1. The predicted octanol–water partition coefficient (Wildman–Crippen LogP) is 1.68. The minimum Gasteiger partial charge on any atom is -0.454 e. The molecule has 0 atom stereocenters. The van der Waals surface area contributed by atoms with Crippen molar-refractivity contribution in [3.8, 4) is 22.8 Å². The third-order valence-corrected chi connectivity index (χ3v) is 2.47. The number of aromatic nitrogens is 2. The molecule has 1 aromatic heterocycles. The van der Waals surface area contributed by atoms with Crippen LogP contribution in [-0.4, -0.2) is 23.3 Å².